The molecule has 3 N–H and O–H groups in total. The zero-order chi connectivity index (χ0) is 25.9. The molecule has 37 heavy (non-hydrogen) atoms. The number of carbonyl (C=O) groups excluding carboxylic acids is 2. The smallest absolute Gasteiger partial charge is 0.306 e. The third-order valence-electron chi connectivity index (χ3n) is 5.90. The van der Waals surface area contributed by atoms with Crippen molar-refractivity contribution in [3.8, 4) is 11.8 Å². The lowest BCUT2D eigenvalue weighted by Gasteiger charge is -2.26. The van der Waals surface area contributed by atoms with E-state index in [0.29, 0.717) is 18.0 Å². The van der Waals surface area contributed by atoms with Gasteiger partial charge in [-0.15, -0.1) is 33.3 Å². The van der Waals surface area contributed by atoms with E-state index in [9.17, 15) is 9.59 Å². The van der Waals surface area contributed by atoms with E-state index in [0.717, 1.165) is 36.5 Å². The Bertz CT molecular complexity index is 1510. The van der Waals surface area contributed by atoms with Crippen molar-refractivity contribution in [3.63, 3.8) is 0 Å². The lowest BCUT2D eigenvalue weighted by molar-refractivity contribution is -0.122. The van der Waals surface area contributed by atoms with Gasteiger partial charge in [-0.05, 0) is 30.2 Å². The summed E-state index contributed by atoms with van der Waals surface area (Å²) in [6.07, 6.45) is 3.90. The molecule has 2 amide bonds. The van der Waals surface area contributed by atoms with Crippen LogP contribution in [0.25, 0.3) is 0 Å². The maximum absolute atomic E-state index is 13.4. The number of aromatic nitrogens is 4. The van der Waals surface area contributed by atoms with E-state index >= 15 is 0 Å². The van der Waals surface area contributed by atoms with Crippen LogP contribution in [0, 0.1) is 18.8 Å². The molecule has 1 aliphatic rings. The molecule has 1 aliphatic heterocycles. The number of anilines is 1. The van der Waals surface area contributed by atoms with E-state index in [1.807, 2.05) is 49.4 Å². The van der Waals surface area contributed by atoms with E-state index in [1.165, 1.54) is 23.1 Å². The van der Waals surface area contributed by atoms with Gasteiger partial charge in [0.2, 0.25) is 5.82 Å². The number of likely N-dealkylation sites (N-methyl/N-ethyl adjacent to an activating group) is 1. The first-order valence-corrected chi connectivity index (χ1v) is 13.2. The fourth-order valence-corrected chi connectivity index (χ4v) is 6.44. The lowest BCUT2D eigenvalue weighted by atomic mass is 10.1. The Morgan fingerprint density at radius 3 is 2.70 bits per heavy atom. The van der Waals surface area contributed by atoms with E-state index in [1.54, 1.807) is 24.3 Å². The molecule has 11 heteroatoms. The number of hydrogen-bond acceptors (Lipinski definition) is 8. The van der Waals surface area contributed by atoms with Gasteiger partial charge in [-0.1, -0.05) is 42.2 Å². The molecule has 0 bridgehead atoms. The first-order valence-electron chi connectivity index (χ1n) is 11.4. The van der Waals surface area contributed by atoms with Crippen molar-refractivity contribution in [2.45, 2.75) is 24.3 Å². The van der Waals surface area contributed by atoms with Crippen LogP contribution in [0.5, 0.6) is 0 Å². The number of hydrazine groups is 1. The Kier molecular flexibility index (Phi) is 7.05. The summed E-state index contributed by atoms with van der Waals surface area (Å²) >= 11 is 2.94. The molecule has 9 nitrogen and oxygen atoms in total. The molecule has 0 radical (unpaired) electrons. The average Bonchev–Trinajstić information content (AvgIpc) is 3.48. The molecule has 0 saturated carbocycles. The topological polar surface area (TPSA) is 121 Å². The number of nitrogens with two attached hydrogens (primary N) is 1. The summed E-state index contributed by atoms with van der Waals surface area (Å²) in [6.45, 7) is 1.99. The molecule has 0 aliphatic carbocycles. The summed E-state index contributed by atoms with van der Waals surface area (Å²) in [5, 5.41) is 9.79. The Labute approximate surface area is 222 Å². The molecule has 1 aromatic carbocycles. The van der Waals surface area contributed by atoms with Crippen molar-refractivity contribution in [2.75, 3.05) is 17.7 Å². The highest BCUT2D eigenvalue weighted by Crippen LogP contribution is 2.44. The number of aromatic amines is 1. The van der Waals surface area contributed by atoms with Crippen LogP contribution in [0.15, 0.2) is 59.8 Å². The van der Waals surface area contributed by atoms with Gasteiger partial charge in [-0.3, -0.25) is 19.6 Å². The first kappa shape index (κ1) is 24.7. The maximum atomic E-state index is 13.4. The number of rotatable bonds is 4. The highest BCUT2D eigenvalue weighted by Gasteiger charge is 2.37. The van der Waals surface area contributed by atoms with Crippen molar-refractivity contribution < 1.29 is 9.59 Å². The van der Waals surface area contributed by atoms with Crippen LogP contribution in [0.2, 0.25) is 0 Å². The van der Waals surface area contributed by atoms with Gasteiger partial charge in [0.05, 0.1) is 4.88 Å². The summed E-state index contributed by atoms with van der Waals surface area (Å²) < 4.78 is 0. The molecule has 4 aromatic rings. The molecule has 3 aromatic heterocycles. The Hall–Kier alpha value is -3.98. The van der Waals surface area contributed by atoms with Gasteiger partial charge < -0.3 is 9.88 Å². The number of amides is 2. The molecule has 1 atom stereocenters. The molecule has 5 rings (SSSR count). The highest BCUT2D eigenvalue weighted by molar-refractivity contribution is 7.99. The first-order chi connectivity index (χ1) is 17.9. The zero-order valence-corrected chi connectivity index (χ0v) is 21.8. The number of benzene rings is 1. The Balaban J connectivity index is 1.32. The molecular weight excluding hydrogens is 506 g/mol. The Morgan fingerprint density at radius 1 is 1.19 bits per heavy atom. The van der Waals surface area contributed by atoms with Gasteiger partial charge >= 0.3 is 5.91 Å². The van der Waals surface area contributed by atoms with Gasteiger partial charge in [0, 0.05) is 42.1 Å². The van der Waals surface area contributed by atoms with Gasteiger partial charge in [0.25, 0.3) is 5.91 Å². The third-order valence-corrected chi connectivity index (χ3v) is 8.58. The van der Waals surface area contributed by atoms with Gasteiger partial charge in [-0.25, -0.2) is 5.84 Å². The van der Waals surface area contributed by atoms with E-state index in [-0.39, 0.29) is 11.7 Å². The normalized spacial score (nSPS) is 14.9. The van der Waals surface area contributed by atoms with Gasteiger partial charge in [0.1, 0.15) is 16.9 Å². The largest absolute Gasteiger partial charge is 0.320 e. The van der Waals surface area contributed by atoms with Crippen LogP contribution >= 0.6 is 23.1 Å². The van der Waals surface area contributed by atoms with Crippen LogP contribution in [0.3, 0.4) is 0 Å². The fraction of sp³-hybridized carbons (Fsp3) is 0.192. The van der Waals surface area contributed by atoms with Crippen molar-refractivity contribution in [3.05, 3.63) is 88.1 Å². The molecule has 186 valence electrons. The summed E-state index contributed by atoms with van der Waals surface area (Å²) in [5.74, 6) is 12.5. The molecule has 0 fully saturated rings. The number of thioether (sulfide) groups is 1. The van der Waals surface area contributed by atoms with E-state index in [4.69, 9.17) is 5.84 Å². The summed E-state index contributed by atoms with van der Waals surface area (Å²) in [7, 11) is 1.70. The number of nitrogens with one attached hydrogen (secondary N) is 1. The third kappa shape index (κ3) is 5.13. The van der Waals surface area contributed by atoms with E-state index in [2.05, 4.69) is 32.0 Å². The molecule has 0 spiro atoms. The maximum Gasteiger partial charge on any atom is 0.306 e. The predicted octanol–water partition coefficient (Wildman–Crippen LogP) is 3.01. The quantitative estimate of drug-likeness (QED) is 0.180. The monoisotopic (exact) mass is 529 g/mol. The standard InChI is InChI=1S/C26H23N7O2S2/c1-16-20(9-8-17-10-12-28-13-11-17)37-26-22(16)36-15-19(24(34)32(26)2)33(27)25(35)23-29-21(30-31-23)14-18-6-4-3-5-7-18/h3-7,10-13,19H,14-15,27H2,1-2H3,(H,29,30,31)/t19-/m0/s1. The molecule has 0 saturated heterocycles. The second-order valence-electron chi connectivity index (χ2n) is 8.40. The minimum atomic E-state index is -0.865. The van der Waals surface area contributed by atoms with Gasteiger partial charge in [-0.2, -0.15) is 0 Å². The number of thiophene rings is 1. The van der Waals surface area contributed by atoms with Crippen molar-refractivity contribution in [1.29, 1.82) is 0 Å². The predicted molar refractivity (Wildman–Crippen MR) is 143 cm³/mol. The van der Waals surface area contributed by atoms with Crippen LogP contribution < -0.4 is 10.7 Å². The van der Waals surface area contributed by atoms with E-state index < -0.39 is 11.9 Å². The van der Waals surface area contributed by atoms with Gasteiger partial charge in [0.15, 0.2) is 0 Å². The number of fused-ring (bicyclic) bond motifs is 1. The number of nitrogens with zero attached hydrogens (tertiary/aromatic N) is 5. The summed E-state index contributed by atoms with van der Waals surface area (Å²) in [6, 6.07) is 12.6. The highest BCUT2D eigenvalue weighted by atomic mass is 32.2. The minimum absolute atomic E-state index is 0.00208. The number of hydrogen-bond donors (Lipinski definition) is 2. The van der Waals surface area contributed by atoms with Crippen molar-refractivity contribution in [2.24, 2.45) is 5.84 Å². The van der Waals surface area contributed by atoms with Crippen molar-refractivity contribution >= 4 is 39.9 Å². The van der Waals surface area contributed by atoms with Crippen LogP contribution in [0.4, 0.5) is 5.00 Å². The molecular formula is C26H23N7O2S2. The van der Waals surface area contributed by atoms with Crippen LogP contribution in [0.1, 0.15) is 38.0 Å². The minimum Gasteiger partial charge on any atom is -0.320 e. The average molecular weight is 530 g/mol. The summed E-state index contributed by atoms with van der Waals surface area (Å²) in [4.78, 5) is 36.8. The van der Waals surface area contributed by atoms with Crippen LogP contribution in [-0.4, -0.2) is 55.8 Å². The molecule has 0 unspecified atom stereocenters. The fourth-order valence-electron chi connectivity index (χ4n) is 3.84. The number of pyridine rings is 1. The Morgan fingerprint density at radius 2 is 1.95 bits per heavy atom. The zero-order valence-electron chi connectivity index (χ0n) is 20.1. The lowest BCUT2D eigenvalue weighted by Crippen LogP contribution is -2.54. The summed E-state index contributed by atoms with van der Waals surface area (Å²) in [5.41, 5.74) is 2.90. The van der Waals surface area contributed by atoms with Crippen molar-refractivity contribution in [1.82, 2.24) is 25.2 Å². The SMILES string of the molecule is Cc1c(C#Cc2ccncc2)sc2c1SC[C@H](N(N)C(=O)c1nnc(Cc3ccccc3)[nH]1)C(=O)N2C. The second kappa shape index (κ2) is 10.6. The van der Waals surface area contributed by atoms with Crippen LogP contribution in [-0.2, 0) is 11.2 Å². The number of H-pyrrole nitrogens is 1. The second-order valence-corrected chi connectivity index (χ2v) is 10.4. The number of carbonyl (C=O) groups is 2. The molecule has 4 heterocycles.